The molecule has 142 valence electrons. The third-order valence-corrected chi connectivity index (χ3v) is 6.29. The Bertz CT molecular complexity index is 1240. The van der Waals surface area contributed by atoms with E-state index in [2.05, 4.69) is 9.71 Å². The van der Waals surface area contributed by atoms with Gasteiger partial charge in [-0.3, -0.25) is 4.72 Å². The number of rotatable bonds is 5. The Morgan fingerprint density at radius 1 is 1.00 bits per heavy atom. The number of fused-ring (bicyclic) bond motifs is 1. The van der Waals surface area contributed by atoms with Gasteiger partial charge in [-0.25, -0.2) is 17.8 Å². The van der Waals surface area contributed by atoms with E-state index in [1.807, 2.05) is 18.2 Å². The van der Waals surface area contributed by atoms with Gasteiger partial charge in [0, 0.05) is 11.8 Å². The summed E-state index contributed by atoms with van der Waals surface area (Å²) in [5, 5.41) is 0.231. The van der Waals surface area contributed by atoms with Crippen LogP contribution in [0.3, 0.4) is 0 Å². The van der Waals surface area contributed by atoms with Crippen LogP contribution in [0, 0.1) is 5.82 Å². The fourth-order valence-corrected chi connectivity index (χ4v) is 4.79. The molecule has 0 fully saturated rings. The largest absolute Gasteiger partial charge is 0.453 e. The number of nitrogens with two attached hydrogens (primary N) is 1. The van der Waals surface area contributed by atoms with E-state index >= 15 is 0 Å². The molecule has 9 heteroatoms. The molecule has 6 nitrogen and oxygen atoms in total. The zero-order valence-corrected chi connectivity index (χ0v) is 15.9. The van der Waals surface area contributed by atoms with Crippen LogP contribution in [0.2, 0.25) is 0 Å². The molecule has 0 amide bonds. The molecule has 0 bridgehead atoms. The Kier molecular flexibility index (Phi) is 4.62. The minimum atomic E-state index is -4.01. The number of nitrogen functional groups attached to an aromatic ring is 1. The van der Waals surface area contributed by atoms with Crippen molar-refractivity contribution in [1.29, 1.82) is 0 Å². The molecule has 0 unspecified atom stereocenters. The number of halogens is 1. The van der Waals surface area contributed by atoms with E-state index in [9.17, 15) is 12.8 Å². The lowest BCUT2D eigenvalue weighted by molar-refractivity contribution is 0.432. The van der Waals surface area contributed by atoms with Crippen molar-refractivity contribution >= 4 is 42.4 Å². The monoisotopic (exact) mass is 415 g/mol. The standard InChI is InChI=1S/C19H14FN3O3S2/c20-13-11-12(21)9-10-15(13)26-16-6-2-4-8-18(16)28(24,25)23-19-22-14-5-1-3-7-17(14)27-19/h1-11H,21H2,(H,22,23). The lowest BCUT2D eigenvalue weighted by atomic mass is 10.3. The fraction of sp³-hybridized carbons (Fsp3) is 0. The van der Waals surface area contributed by atoms with Crippen molar-refractivity contribution in [2.45, 2.75) is 4.90 Å². The molecule has 1 heterocycles. The lowest BCUT2D eigenvalue weighted by Gasteiger charge is -2.12. The van der Waals surface area contributed by atoms with Gasteiger partial charge in [-0.2, -0.15) is 0 Å². The third kappa shape index (κ3) is 3.62. The van der Waals surface area contributed by atoms with Gasteiger partial charge in [0.05, 0.1) is 10.2 Å². The highest BCUT2D eigenvalue weighted by molar-refractivity contribution is 7.93. The Balaban J connectivity index is 1.68. The van der Waals surface area contributed by atoms with Crippen LogP contribution in [0.5, 0.6) is 11.5 Å². The van der Waals surface area contributed by atoms with Crippen LogP contribution >= 0.6 is 11.3 Å². The molecule has 0 saturated carbocycles. The fourth-order valence-electron chi connectivity index (χ4n) is 2.56. The number of thiazole rings is 1. The molecule has 0 aliphatic heterocycles. The van der Waals surface area contributed by atoms with Crippen LogP contribution in [0.15, 0.2) is 71.6 Å². The number of anilines is 2. The van der Waals surface area contributed by atoms with Gasteiger partial charge < -0.3 is 10.5 Å². The van der Waals surface area contributed by atoms with Gasteiger partial charge in [0.1, 0.15) is 10.6 Å². The third-order valence-electron chi connectivity index (χ3n) is 3.83. The maximum Gasteiger partial charge on any atom is 0.267 e. The molecular weight excluding hydrogens is 401 g/mol. The molecule has 0 saturated heterocycles. The molecule has 4 aromatic rings. The maximum atomic E-state index is 14.1. The minimum absolute atomic E-state index is 0.0141. The van der Waals surface area contributed by atoms with Crippen molar-refractivity contribution in [3.8, 4) is 11.5 Å². The number of nitrogens with zero attached hydrogens (tertiary/aromatic N) is 1. The van der Waals surface area contributed by atoms with Gasteiger partial charge in [0.2, 0.25) is 0 Å². The molecule has 0 radical (unpaired) electrons. The average Bonchev–Trinajstić information content (AvgIpc) is 3.06. The number of ether oxygens (including phenoxy) is 1. The first-order valence-corrected chi connectivity index (χ1v) is 10.4. The highest BCUT2D eigenvalue weighted by atomic mass is 32.2. The maximum absolute atomic E-state index is 14.1. The van der Waals surface area contributed by atoms with Crippen molar-refractivity contribution in [3.05, 3.63) is 72.5 Å². The summed E-state index contributed by atoms with van der Waals surface area (Å²) in [5.74, 6) is -0.831. The quantitative estimate of drug-likeness (QED) is 0.464. The first-order chi connectivity index (χ1) is 13.4. The minimum Gasteiger partial charge on any atom is -0.453 e. The van der Waals surface area contributed by atoms with Gasteiger partial charge >= 0.3 is 0 Å². The predicted molar refractivity (Wildman–Crippen MR) is 108 cm³/mol. The van der Waals surface area contributed by atoms with Crippen LogP contribution in [-0.2, 0) is 10.0 Å². The number of aromatic nitrogens is 1. The summed E-state index contributed by atoms with van der Waals surface area (Å²) in [7, 11) is -4.01. The van der Waals surface area contributed by atoms with E-state index in [-0.39, 0.29) is 27.2 Å². The second-order valence-corrected chi connectivity index (χ2v) is 8.51. The van der Waals surface area contributed by atoms with Gasteiger partial charge in [-0.05, 0) is 36.4 Å². The summed E-state index contributed by atoms with van der Waals surface area (Å²) in [6.07, 6.45) is 0. The van der Waals surface area contributed by atoms with Crippen molar-refractivity contribution in [1.82, 2.24) is 4.98 Å². The second kappa shape index (κ2) is 7.10. The van der Waals surface area contributed by atoms with E-state index in [1.165, 1.54) is 35.6 Å². The van der Waals surface area contributed by atoms with E-state index in [0.717, 1.165) is 10.8 Å². The number of hydrogen-bond donors (Lipinski definition) is 2. The molecular formula is C19H14FN3O3S2. The molecule has 0 aliphatic rings. The SMILES string of the molecule is Nc1ccc(Oc2ccccc2S(=O)(=O)Nc2nc3ccccc3s2)c(F)c1. The van der Waals surface area contributed by atoms with Crippen molar-refractivity contribution in [2.24, 2.45) is 0 Å². The van der Waals surface area contributed by atoms with Crippen LogP contribution in [-0.4, -0.2) is 13.4 Å². The summed E-state index contributed by atoms with van der Waals surface area (Å²) in [6, 6.07) is 17.2. The van der Waals surface area contributed by atoms with E-state index in [4.69, 9.17) is 10.5 Å². The molecule has 0 atom stereocenters. The topological polar surface area (TPSA) is 94.3 Å². The number of para-hydroxylation sites is 2. The van der Waals surface area contributed by atoms with Gasteiger partial charge in [0.25, 0.3) is 10.0 Å². The molecule has 3 N–H and O–H groups in total. The first kappa shape index (κ1) is 18.2. The average molecular weight is 415 g/mol. The normalized spacial score (nSPS) is 11.5. The number of sulfonamides is 1. The van der Waals surface area contributed by atoms with Gasteiger partial charge in [-0.1, -0.05) is 35.6 Å². The number of nitrogens with one attached hydrogen (secondary N) is 1. The first-order valence-electron chi connectivity index (χ1n) is 8.13. The molecule has 4 rings (SSSR count). The summed E-state index contributed by atoms with van der Waals surface area (Å²) in [5.41, 5.74) is 6.46. The van der Waals surface area contributed by atoms with Crippen molar-refractivity contribution in [2.75, 3.05) is 10.5 Å². The molecule has 1 aromatic heterocycles. The molecule has 28 heavy (non-hydrogen) atoms. The van der Waals surface area contributed by atoms with Gasteiger partial charge in [0.15, 0.2) is 16.7 Å². The molecule has 0 spiro atoms. The highest BCUT2D eigenvalue weighted by Crippen LogP contribution is 2.33. The Labute approximate surface area is 164 Å². The summed E-state index contributed by atoms with van der Waals surface area (Å²) in [6.45, 7) is 0. The highest BCUT2D eigenvalue weighted by Gasteiger charge is 2.22. The zero-order valence-electron chi connectivity index (χ0n) is 14.3. The van der Waals surface area contributed by atoms with Crippen LogP contribution in [0.4, 0.5) is 15.2 Å². The Morgan fingerprint density at radius 2 is 1.75 bits per heavy atom. The molecule has 0 aliphatic carbocycles. The van der Waals surface area contributed by atoms with E-state index in [0.29, 0.717) is 5.52 Å². The second-order valence-electron chi connectivity index (χ2n) is 5.83. The zero-order chi connectivity index (χ0) is 19.7. The lowest BCUT2D eigenvalue weighted by Crippen LogP contribution is -2.13. The van der Waals surface area contributed by atoms with Crippen molar-refractivity contribution < 1.29 is 17.5 Å². The van der Waals surface area contributed by atoms with Crippen LogP contribution in [0.25, 0.3) is 10.2 Å². The van der Waals surface area contributed by atoms with Crippen LogP contribution in [0.1, 0.15) is 0 Å². The summed E-state index contributed by atoms with van der Waals surface area (Å²) < 4.78 is 48.7. The smallest absolute Gasteiger partial charge is 0.267 e. The Morgan fingerprint density at radius 3 is 2.54 bits per heavy atom. The number of hydrogen-bond acceptors (Lipinski definition) is 6. The predicted octanol–water partition coefficient (Wildman–Crippen LogP) is 4.61. The van der Waals surface area contributed by atoms with E-state index in [1.54, 1.807) is 18.2 Å². The summed E-state index contributed by atoms with van der Waals surface area (Å²) in [4.78, 5) is 4.14. The number of benzene rings is 3. The van der Waals surface area contributed by atoms with E-state index < -0.39 is 15.8 Å². The summed E-state index contributed by atoms with van der Waals surface area (Å²) >= 11 is 1.22. The molecule has 3 aromatic carbocycles. The van der Waals surface area contributed by atoms with Crippen LogP contribution < -0.4 is 15.2 Å². The Hall–Kier alpha value is -3.17. The van der Waals surface area contributed by atoms with Crippen molar-refractivity contribution in [3.63, 3.8) is 0 Å². The van der Waals surface area contributed by atoms with Gasteiger partial charge in [-0.15, -0.1) is 0 Å².